The molecule has 0 atom stereocenters. The molecular weight excluding hydrogens is 270 g/mol. The Kier molecular flexibility index (Phi) is 4.30. The highest BCUT2D eigenvalue weighted by atomic mass is 16.4. The number of anilines is 1. The summed E-state index contributed by atoms with van der Waals surface area (Å²) in [5.41, 5.74) is 9.13. The second kappa shape index (κ2) is 6.33. The largest absolute Gasteiger partial charge is 0.545 e. The van der Waals surface area contributed by atoms with Gasteiger partial charge in [0.25, 0.3) is 5.91 Å². The van der Waals surface area contributed by atoms with Crippen molar-refractivity contribution in [2.45, 2.75) is 0 Å². The second-order valence-electron chi connectivity index (χ2n) is 4.20. The number of aromatic carboxylic acids is 1. The molecule has 1 amide bonds. The highest BCUT2D eigenvalue weighted by Crippen LogP contribution is 2.06. The number of carbonyl (C=O) groups is 2. The third-order valence-electron chi connectivity index (χ3n) is 2.72. The van der Waals surface area contributed by atoms with Gasteiger partial charge in [-0.2, -0.15) is 5.10 Å². The van der Waals surface area contributed by atoms with Crippen LogP contribution >= 0.6 is 0 Å². The average molecular weight is 282 g/mol. The number of carboxylic acids is 1. The number of nitrogens with one attached hydrogen (secondary N) is 1. The molecule has 6 nitrogen and oxygen atoms in total. The molecule has 6 heteroatoms. The highest BCUT2D eigenvalue weighted by molar-refractivity contribution is 5.98. The van der Waals surface area contributed by atoms with Gasteiger partial charge < -0.3 is 15.6 Å². The predicted octanol–water partition coefficient (Wildman–Crippen LogP) is 0.396. The molecular formula is C15H12N3O3-. The lowest BCUT2D eigenvalue weighted by atomic mass is 10.1. The molecule has 0 aliphatic heterocycles. The van der Waals surface area contributed by atoms with Crippen LogP contribution in [0.15, 0.2) is 53.6 Å². The van der Waals surface area contributed by atoms with Crippen molar-refractivity contribution in [2.75, 3.05) is 5.73 Å². The summed E-state index contributed by atoms with van der Waals surface area (Å²) in [6.07, 6.45) is 1.25. The smallest absolute Gasteiger partial charge is 0.271 e. The van der Waals surface area contributed by atoms with Crippen molar-refractivity contribution in [3.63, 3.8) is 0 Å². The van der Waals surface area contributed by atoms with Crippen LogP contribution in [0.2, 0.25) is 0 Å². The minimum Gasteiger partial charge on any atom is -0.545 e. The molecule has 2 rings (SSSR count). The maximum Gasteiger partial charge on any atom is 0.271 e. The summed E-state index contributed by atoms with van der Waals surface area (Å²) in [5.74, 6) is -1.72. The number of amides is 1. The Balaban J connectivity index is 2.07. The molecule has 2 aromatic rings. The van der Waals surface area contributed by atoms with Gasteiger partial charge in [-0.05, 0) is 24.3 Å². The van der Waals surface area contributed by atoms with Crippen molar-refractivity contribution < 1.29 is 14.7 Å². The molecule has 0 heterocycles. The Labute approximate surface area is 120 Å². The van der Waals surface area contributed by atoms with Crippen LogP contribution in [0.25, 0.3) is 0 Å². The maximum absolute atomic E-state index is 11.8. The molecule has 106 valence electrons. The van der Waals surface area contributed by atoms with Crippen molar-refractivity contribution in [3.8, 4) is 0 Å². The van der Waals surface area contributed by atoms with Gasteiger partial charge in [0.15, 0.2) is 0 Å². The number of nitrogen functional groups attached to an aromatic ring is 1. The Morgan fingerprint density at radius 3 is 2.43 bits per heavy atom. The molecule has 0 aromatic heterocycles. The fraction of sp³-hybridized carbons (Fsp3) is 0. The van der Waals surface area contributed by atoms with Crippen molar-refractivity contribution in [2.24, 2.45) is 5.10 Å². The quantitative estimate of drug-likeness (QED) is 0.480. The van der Waals surface area contributed by atoms with Crippen molar-refractivity contribution >= 4 is 23.8 Å². The number of benzene rings is 2. The molecule has 0 saturated heterocycles. The summed E-state index contributed by atoms with van der Waals surface area (Å²) in [7, 11) is 0. The first-order valence-corrected chi connectivity index (χ1v) is 6.07. The van der Waals surface area contributed by atoms with Gasteiger partial charge >= 0.3 is 0 Å². The second-order valence-corrected chi connectivity index (χ2v) is 4.20. The first-order valence-electron chi connectivity index (χ1n) is 6.07. The van der Waals surface area contributed by atoms with Crippen LogP contribution in [-0.4, -0.2) is 18.1 Å². The minimum atomic E-state index is -1.30. The number of hydrazone groups is 1. The van der Waals surface area contributed by atoms with E-state index in [9.17, 15) is 14.7 Å². The summed E-state index contributed by atoms with van der Waals surface area (Å²) < 4.78 is 0. The van der Waals surface area contributed by atoms with E-state index in [-0.39, 0.29) is 5.56 Å². The summed E-state index contributed by atoms with van der Waals surface area (Å²) >= 11 is 0. The maximum atomic E-state index is 11.8. The van der Waals surface area contributed by atoms with Gasteiger partial charge in [-0.1, -0.05) is 24.3 Å². The number of nitrogens with zero attached hydrogens (tertiary/aromatic N) is 1. The topological polar surface area (TPSA) is 108 Å². The van der Waals surface area contributed by atoms with E-state index < -0.39 is 11.9 Å². The monoisotopic (exact) mass is 282 g/mol. The molecule has 0 spiro atoms. The van der Waals surface area contributed by atoms with Crippen molar-refractivity contribution in [1.29, 1.82) is 0 Å². The lowest BCUT2D eigenvalue weighted by molar-refractivity contribution is -0.255. The number of carboxylic acid groups (broad SMARTS) is 1. The number of hydrogen-bond acceptors (Lipinski definition) is 5. The van der Waals surface area contributed by atoms with E-state index in [1.54, 1.807) is 42.5 Å². The zero-order valence-electron chi connectivity index (χ0n) is 10.9. The first kappa shape index (κ1) is 14.3. The van der Waals surface area contributed by atoms with Crippen LogP contribution < -0.4 is 16.3 Å². The van der Waals surface area contributed by atoms with Crippen LogP contribution in [0.1, 0.15) is 26.3 Å². The Morgan fingerprint density at radius 2 is 1.76 bits per heavy atom. The van der Waals surface area contributed by atoms with Gasteiger partial charge in [0.1, 0.15) is 0 Å². The van der Waals surface area contributed by atoms with E-state index in [1.807, 2.05) is 0 Å². The lowest BCUT2D eigenvalue weighted by Gasteiger charge is -2.05. The molecule has 0 bridgehead atoms. The Morgan fingerprint density at radius 1 is 1.10 bits per heavy atom. The summed E-state index contributed by atoms with van der Waals surface area (Å²) in [6.45, 7) is 0. The molecule has 0 aliphatic carbocycles. The van der Waals surface area contributed by atoms with Crippen molar-refractivity contribution in [1.82, 2.24) is 5.43 Å². The van der Waals surface area contributed by atoms with Gasteiger partial charge in [0.2, 0.25) is 0 Å². The molecule has 0 saturated carbocycles. The van der Waals surface area contributed by atoms with E-state index in [4.69, 9.17) is 5.73 Å². The minimum absolute atomic E-state index is 0.00276. The number of nitrogens with two attached hydrogens (primary N) is 1. The van der Waals surface area contributed by atoms with E-state index in [0.29, 0.717) is 16.8 Å². The third kappa shape index (κ3) is 3.66. The van der Waals surface area contributed by atoms with E-state index in [0.717, 1.165) is 0 Å². The fourth-order valence-electron chi connectivity index (χ4n) is 1.65. The predicted molar refractivity (Wildman–Crippen MR) is 76.7 cm³/mol. The third-order valence-corrected chi connectivity index (χ3v) is 2.72. The number of hydrogen-bond donors (Lipinski definition) is 2. The molecule has 0 unspecified atom stereocenters. The van der Waals surface area contributed by atoms with Crippen LogP contribution in [0.3, 0.4) is 0 Å². The van der Waals surface area contributed by atoms with Crippen LogP contribution in [0, 0.1) is 0 Å². The highest BCUT2D eigenvalue weighted by Gasteiger charge is 2.03. The standard InChI is InChI=1S/C15H13N3O3/c16-12-7-5-10(6-8-12)14(19)18-17-9-11-3-1-2-4-13(11)15(20)21/h1-9H,16H2,(H,18,19)(H,20,21)/p-1/b17-9-. The molecule has 2 aromatic carbocycles. The average Bonchev–Trinajstić information content (AvgIpc) is 2.48. The van der Waals surface area contributed by atoms with Crippen molar-refractivity contribution in [3.05, 3.63) is 65.2 Å². The Bertz CT molecular complexity index is 694. The first-order chi connectivity index (χ1) is 10.1. The van der Waals surface area contributed by atoms with Crippen LogP contribution in [0.5, 0.6) is 0 Å². The lowest BCUT2D eigenvalue weighted by Crippen LogP contribution is -2.24. The van der Waals surface area contributed by atoms with E-state index in [2.05, 4.69) is 10.5 Å². The Hall–Kier alpha value is -3.15. The SMILES string of the molecule is Nc1ccc(C(=O)N/N=C\c2ccccc2C(=O)[O-])cc1. The normalized spacial score (nSPS) is 10.5. The van der Waals surface area contributed by atoms with E-state index in [1.165, 1.54) is 12.3 Å². The van der Waals surface area contributed by atoms with Gasteiger partial charge in [-0.15, -0.1) is 0 Å². The molecule has 0 aliphatic rings. The van der Waals surface area contributed by atoms with Gasteiger partial charge in [0, 0.05) is 22.4 Å². The zero-order chi connectivity index (χ0) is 15.2. The summed E-state index contributed by atoms with van der Waals surface area (Å²) in [5, 5.41) is 14.6. The zero-order valence-corrected chi connectivity index (χ0v) is 10.9. The molecule has 0 radical (unpaired) electrons. The fourth-order valence-corrected chi connectivity index (χ4v) is 1.65. The summed E-state index contributed by atoms with van der Waals surface area (Å²) in [6, 6.07) is 12.5. The number of carbonyl (C=O) groups excluding carboxylic acids is 2. The van der Waals surface area contributed by atoms with Gasteiger partial charge in [-0.3, -0.25) is 4.79 Å². The molecule has 3 N–H and O–H groups in total. The van der Waals surface area contributed by atoms with Crippen LogP contribution in [-0.2, 0) is 0 Å². The number of rotatable bonds is 4. The van der Waals surface area contributed by atoms with Crippen LogP contribution in [0.4, 0.5) is 5.69 Å². The molecule has 0 fully saturated rings. The van der Waals surface area contributed by atoms with E-state index >= 15 is 0 Å². The van der Waals surface area contributed by atoms with Gasteiger partial charge in [-0.25, -0.2) is 5.43 Å². The van der Waals surface area contributed by atoms with Gasteiger partial charge in [0.05, 0.1) is 12.2 Å². The molecule has 21 heavy (non-hydrogen) atoms. The summed E-state index contributed by atoms with van der Waals surface area (Å²) in [4.78, 5) is 22.7.